The Hall–Kier alpha value is -2.80. The second-order valence-electron chi connectivity index (χ2n) is 37.8. The van der Waals surface area contributed by atoms with Crippen LogP contribution in [-0.2, 0) is 63.5 Å². The van der Waals surface area contributed by atoms with E-state index in [1.54, 1.807) is 41.5 Å². The van der Waals surface area contributed by atoms with E-state index in [2.05, 4.69) is 97.3 Å². The Balaban J connectivity index is 0.000000409. The van der Waals surface area contributed by atoms with E-state index in [4.69, 9.17) is 9.47 Å². The number of carbonyl (C=O) groups is 5. The van der Waals surface area contributed by atoms with Crippen molar-refractivity contribution in [2.75, 3.05) is 0 Å². The summed E-state index contributed by atoms with van der Waals surface area (Å²) in [5.41, 5.74) is -1.43. The van der Waals surface area contributed by atoms with E-state index >= 15 is 0 Å². The molecule has 19 heteroatoms. The van der Waals surface area contributed by atoms with Gasteiger partial charge >= 0.3 is 11.9 Å². The Bertz CT molecular complexity index is 2940. The van der Waals surface area contributed by atoms with E-state index in [-0.39, 0.29) is 86.2 Å². The average molecular weight is 1420 g/mol. The van der Waals surface area contributed by atoms with Gasteiger partial charge in [0.25, 0.3) is 0 Å². The zero-order valence-electron chi connectivity index (χ0n) is 66.8. The Morgan fingerprint density at radius 2 is 0.812 bits per heavy atom. The van der Waals surface area contributed by atoms with Crippen LogP contribution in [0.1, 0.15) is 337 Å². The summed E-state index contributed by atoms with van der Waals surface area (Å²) in [6, 6.07) is 0. The molecule has 16 nitrogen and oxygen atoms in total. The van der Waals surface area contributed by atoms with Gasteiger partial charge < -0.3 is 9.47 Å². The predicted octanol–water partition coefficient (Wildman–Crippen LogP) is 17.9. The van der Waals surface area contributed by atoms with E-state index in [1.165, 1.54) is 25.7 Å². The second-order valence-corrected chi connectivity index (χ2v) is 43.5. The number of ether oxygens (including phenoxy) is 2. The first-order valence-electron chi connectivity index (χ1n) is 37.1. The average Bonchev–Trinajstić information content (AvgIpc) is 1.56. The van der Waals surface area contributed by atoms with Gasteiger partial charge in [-0.25, -0.2) is 25.3 Å². The molecule has 4 bridgehead atoms. The van der Waals surface area contributed by atoms with Crippen LogP contribution in [0.2, 0.25) is 0 Å². The van der Waals surface area contributed by atoms with Crippen molar-refractivity contribution in [2.45, 2.75) is 365 Å². The maximum Gasteiger partial charge on any atom is 0.311 e. The number of sulfonamides is 3. The van der Waals surface area contributed by atoms with E-state index < -0.39 is 68.0 Å². The summed E-state index contributed by atoms with van der Waals surface area (Å²) < 4.78 is 93.1. The monoisotopic (exact) mass is 1420 g/mol. The fourth-order valence-electron chi connectivity index (χ4n) is 15.0. The van der Waals surface area contributed by atoms with Crippen molar-refractivity contribution in [1.82, 2.24) is 14.2 Å². The highest BCUT2D eigenvalue weighted by Crippen LogP contribution is 2.68. The Morgan fingerprint density at radius 3 is 1.12 bits per heavy atom. The molecule has 564 valence electrons. The van der Waals surface area contributed by atoms with Crippen molar-refractivity contribution in [2.24, 2.45) is 95.1 Å². The third-order valence-electron chi connectivity index (χ3n) is 26.2. The van der Waals surface area contributed by atoms with Crippen molar-refractivity contribution < 1.29 is 58.7 Å². The van der Waals surface area contributed by atoms with Gasteiger partial charge in [-0.3, -0.25) is 38.1 Å². The minimum Gasteiger partial charge on any atom is -0.462 e. The number of esters is 2. The molecule has 6 rings (SSSR count). The minimum absolute atomic E-state index is 0.0143. The van der Waals surface area contributed by atoms with Gasteiger partial charge in [0.05, 0.1) is 26.6 Å². The van der Waals surface area contributed by atoms with E-state index in [9.17, 15) is 49.2 Å². The molecule has 0 aliphatic heterocycles. The number of hydrogen-bond acceptors (Lipinski definition) is 13. The Morgan fingerprint density at radius 1 is 0.448 bits per heavy atom. The molecule has 6 aliphatic rings. The molecule has 6 saturated carbocycles. The lowest BCUT2D eigenvalue weighted by Gasteiger charge is -2.39. The molecule has 3 N–H and O–H groups in total. The van der Waals surface area contributed by atoms with Crippen LogP contribution in [0.25, 0.3) is 0 Å². The molecule has 0 aromatic heterocycles. The van der Waals surface area contributed by atoms with E-state index in [1.807, 2.05) is 90.0 Å². The third-order valence-corrected chi connectivity index (χ3v) is 32.1. The van der Waals surface area contributed by atoms with Gasteiger partial charge in [0.1, 0.15) is 12.2 Å². The van der Waals surface area contributed by atoms with Gasteiger partial charge in [0.2, 0.25) is 47.8 Å². The van der Waals surface area contributed by atoms with Crippen molar-refractivity contribution in [1.29, 1.82) is 0 Å². The summed E-state index contributed by atoms with van der Waals surface area (Å²) in [6.07, 6.45) is 17.6. The zero-order valence-corrected chi connectivity index (χ0v) is 69.3. The molecule has 6 fully saturated rings. The molecule has 3 amide bonds. The number of rotatable bonds is 20. The number of nitrogens with one attached hydrogen (secondary N) is 3. The number of carbonyl (C=O) groups excluding carboxylic acids is 5. The third kappa shape index (κ3) is 21.9. The van der Waals surface area contributed by atoms with E-state index in [0.717, 1.165) is 69.6 Å². The number of hydrogen-bond donors (Lipinski definition) is 3. The SMILES string of the molecule is CCC(C)(C)C(=O)NS(=O)(=O)C(C(C)C)C(C)C.CCC(C)(C)C(=O)NS(=O)(=O)C1CC2(C)CCC1C2(C)C.CCC(C)(C)C(=O)NS(=O)(=O)C1CCC(C(C)(C)C)CC1.CCC(C)(C)C(=O)OC1CC2CCC1(C)C2(C)C.CCC(C)(C)C(=O)OC1CCC(C(C)(C)C)CC1. The summed E-state index contributed by atoms with van der Waals surface area (Å²) in [7, 11) is -10.7. The first-order valence-corrected chi connectivity index (χ1v) is 41.8. The molecule has 6 unspecified atom stereocenters. The maximum atomic E-state index is 12.7. The highest BCUT2D eigenvalue weighted by atomic mass is 32.2. The van der Waals surface area contributed by atoms with Crippen molar-refractivity contribution in [3.05, 3.63) is 0 Å². The second kappa shape index (κ2) is 32.7. The first-order chi connectivity index (χ1) is 43.0. The standard InChI is InChI=1S/C16H29NO3S.C16H31NO3S.C16H28O2.C16H30O2.C13H27NO3S/c1-7-14(2,3)13(18)17-21(19,20)12-10-16(6)9-8-11(12)15(16,4)5;1-7-16(5,6)14(18)17-21(19,20)13-10-8-12(9-11-13)15(2,3)4;1-7-14(2,3)13(17)18-12-10-11-8-9-16(12,6)15(11,4)5;1-7-16(5,6)14(17)18-13-10-8-12(9-11-13)15(2,3)4;1-8-13(6,7)12(15)14-18(16,17)11(9(2)3)10(4)5/h11-12H,7-10H2,1-6H3,(H,17,18);12-13H,7-11H2,1-6H3,(H,17,18);11-12H,7-10H2,1-6H3;12-13H,7-11H2,1-6H3;9-11H,8H2,1-7H3,(H,14,15). The van der Waals surface area contributed by atoms with Crippen molar-refractivity contribution in [3.63, 3.8) is 0 Å². The summed E-state index contributed by atoms with van der Waals surface area (Å²) in [4.78, 5) is 60.6. The fraction of sp³-hybridized carbons (Fsp3) is 0.935. The van der Waals surface area contributed by atoms with Crippen LogP contribution in [0, 0.1) is 95.1 Å². The highest BCUT2D eigenvalue weighted by Gasteiger charge is 2.65. The van der Waals surface area contributed by atoms with Gasteiger partial charge in [0, 0.05) is 21.7 Å². The van der Waals surface area contributed by atoms with E-state index in [0.29, 0.717) is 55.3 Å². The van der Waals surface area contributed by atoms with Crippen LogP contribution in [0.3, 0.4) is 0 Å². The summed E-state index contributed by atoms with van der Waals surface area (Å²) in [5, 5.41) is -1.40. The lowest BCUT2D eigenvalue weighted by Crippen LogP contribution is -2.47. The summed E-state index contributed by atoms with van der Waals surface area (Å²) in [5.74, 6) is 0.930. The zero-order chi connectivity index (χ0) is 75.2. The van der Waals surface area contributed by atoms with Gasteiger partial charge in [-0.15, -0.1) is 0 Å². The Kier molecular flexibility index (Phi) is 30.4. The normalized spacial score (nSPS) is 27.5. The topological polar surface area (TPSA) is 242 Å². The lowest BCUT2D eigenvalue weighted by molar-refractivity contribution is -0.167. The molecule has 6 atom stereocenters. The summed E-state index contributed by atoms with van der Waals surface area (Å²) in [6.45, 7) is 62.8. The molecular formula is C77H145N3O13S3. The van der Waals surface area contributed by atoms with Crippen LogP contribution in [-0.4, -0.2) is 82.9 Å². The highest BCUT2D eigenvalue weighted by molar-refractivity contribution is 7.91. The first kappa shape index (κ1) is 89.3. The molecule has 0 radical (unpaired) electrons. The summed E-state index contributed by atoms with van der Waals surface area (Å²) >= 11 is 0. The van der Waals surface area contributed by atoms with Gasteiger partial charge in [-0.1, -0.05) is 187 Å². The fourth-order valence-corrected chi connectivity index (χ4v) is 20.9. The quantitative estimate of drug-likeness (QED) is 0.0962. The molecule has 0 aromatic rings. The number of fused-ring (bicyclic) bond motifs is 4. The van der Waals surface area contributed by atoms with Gasteiger partial charge in [0.15, 0.2) is 0 Å². The van der Waals surface area contributed by atoms with Crippen molar-refractivity contribution >= 4 is 59.7 Å². The molecule has 0 saturated heterocycles. The molecule has 0 heterocycles. The minimum atomic E-state index is -3.61. The van der Waals surface area contributed by atoms with Crippen molar-refractivity contribution in [3.8, 4) is 0 Å². The van der Waals surface area contributed by atoms with Crippen LogP contribution >= 0.6 is 0 Å². The van der Waals surface area contributed by atoms with Crippen LogP contribution in [0.5, 0.6) is 0 Å². The predicted molar refractivity (Wildman–Crippen MR) is 394 cm³/mol. The molecule has 96 heavy (non-hydrogen) atoms. The molecular weight excluding hydrogens is 1270 g/mol. The molecule has 0 aromatic carbocycles. The van der Waals surface area contributed by atoms with Crippen LogP contribution < -0.4 is 14.2 Å². The molecule has 6 aliphatic carbocycles. The smallest absolute Gasteiger partial charge is 0.311 e. The largest absolute Gasteiger partial charge is 0.462 e. The Labute approximate surface area is 588 Å². The van der Waals surface area contributed by atoms with Crippen LogP contribution in [0.4, 0.5) is 0 Å². The lowest BCUT2D eigenvalue weighted by atomic mass is 9.70. The van der Waals surface area contributed by atoms with Crippen LogP contribution in [0.15, 0.2) is 0 Å². The maximum absolute atomic E-state index is 12.7. The number of amides is 3. The van der Waals surface area contributed by atoms with Gasteiger partial charge in [-0.05, 0) is 212 Å². The van der Waals surface area contributed by atoms with Gasteiger partial charge in [-0.2, -0.15) is 0 Å². The molecule has 0 spiro atoms.